The van der Waals surface area contributed by atoms with Crippen LogP contribution >= 0.6 is 15.9 Å². The van der Waals surface area contributed by atoms with Crippen molar-refractivity contribution in [3.8, 4) is 0 Å². The second-order valence-corrected chi connectivity index (χ2v) is 5.72. The van der Waals surface area contributed by atoms with Crippen LogP contribution in [0.25, 0.3) is 11.1 Å². The number of hydrogen-bond acceptors (Lipinski definition) is 4. The minimum absolute atomic E-state index is 0.200. The van der Waals surface area contributed by atoms with Gasteiger partial charge in [-0.2, -0.15) is 0 Å². The maximum atomic E-state index is 12.0. The number of likely N-dealkylation sites (N-methyl/N-ethyl adjacent to an activating group) is 1. The van der Waals surface area contributed by atoms with Gasteiger partial charge in [0.1, 0.15) is 0 Å². The summed E-state index contributed by atoms with van der Waals surface area (Å²) in [6.45, 7) is 2.86. The number of halogens is 1. The summed E-state index contributed by atoms with van der Waals surface area (Å²) in [6, 6.07) is 5.78. The number of fused-ring (bicyclic) bond motifs is 1. The Morgan fingerprint density at radius 1 is 1.47 bits per heavy atom. The van der Waals surface area contributed by atoms with Gasteiger partial charge in [-0.25, -0.2) is 4.79 Å². The largest absolute Gasteiger partial charge is 0.420 e. The predicted molar refractivity (Wildman–Crippen MR) is 75.4 cm³/mol. The zero-order chi connectivity index (χ0) is 13.4. The molecule has 0 N–H and O–H groups in total. The second-order valence-electron chi connectivity index (χ2n) is 4.80. The maximum Gasteiger partial charge on any atom is 0.420 e. The molecule has 1 saturated heterocycles. The Labute approximate surface area is 118 Å². The molecule has 1 aromatic heterocycles. The average molecular weight is 327 g/mol. The molecule has 3 rings (SSSR count). The molecule has 5 nitrogen and oxygen atoms in total. The van der Waals surface area contributed by atoms with Gasteiger partial charge in [-0.15, -0.1) is 0 Å². The minimum Gasteiger partial charge on any atom is -0.408 e. The Balaban J connectivity index is 1.97. The van der Waals surface area contributed by atoms with Crippen LogP contribution in [0.1, 0.15) is 0 Å². The topological polar surface area (TPSA) is 47.6 Å². The van der Waals surface area contributed by atoms with Crippen molar-refractivity contribution in [3.05, 3.63) is 33.2 Å². The van der Waals surface area contributed by atoms with Gasteiger partial charge in [-0.05, 0) is 25.2 Å². The third kappa shape index (κ3) is 2.48. The third-order valence-electron chi connectivity index (χ3n) is 3.54. The summed E-state index contributed by atoms with van der Waals surface area (Å²) in [6.07, 6.45) is 0. The number of hydrogen-bond donors (Lipinski definition) is 0. The van der Waals surface area contributed by atoms with Crippen molar-refractivity contribution in [1.82, 2.24) is 9.47 Å². The van der Waals surface area contributed by atoms with E-state index in [-0.39, 0.29) is 11.8 Å². The summed E-state index contributed by atoms with van der Waals surface area (Å²) in [4.78, 5) is 14.2. The van der Waals surface area contributed by atoms with Crippen molar-refractivity contribution in [1.29, 1.82) is 0 Å². The Bertz CT molecular complexity index is 649. The summed E-state index contributed by atoms with van der Waals surface area (Å²) in [5.74, 6) is -0.313. The number of benzene rings is 1. The number of morpholine rings is 1. The van der Waals surface area contributed by atoms with E-state index in [1.54, 1.807) is 10.6 Å². The Morgan fingerprint density at radius 3 is 3.11 bits per heavy atom. The molecule has 0 bridgehead atoms. The molecule has 0 spiro atoms. The van der Waals surface area contributed by atoms with Gasteiger partial charge in [0.15, 0.2) is 5.58 Å². The van der Waals surface area contributed by atoms with Crippen LogP contribution < -0.4 is 5.76 Å². The van der Waals surface area contributed by atoms with Gasteiger partial charge in [0, 0.05) is 17.6 Å². The molecule has 1 aliphatic heterocycles. The predicted octanol–water partition coefficient (Wildman–Crippen LogP) is 1.69. The summed E-state index contributed by atoms with van der Waals surface area (Å²) >= 11 is 3.42. The molecule has 1 fully saturated rings. The van der Waals surface area contributed by atoms with E-state index < -0.39 is 0 Å². The highest BCUT2D eigenvalue weighted by atomic mass is 79.9. The van der Waals surface area contributed by atoms with E-state index in [0.717, 1.165) is 23.1 Å². The van der Waals surface area contributed by atoms with Crippen LogP contribution in [0.15, 0.2) is 31.9 Å². The van der Waals surface area contributed by atoms with Gasteiger partial charge < -0.3 is 9.15 Å². The van der Waals surface area contributed by atoms with Crippen LogP contribution in [0, 0.1) is 0 Å². The summed E-state index contributed by atoms with van der Waals surface area (Å²) < 4.78 is 13.3. The van der Waals surface area contributed by atoms with Crippen molar-refractivity contribution >= 4 is 27.0 Å². The van der Waals surface area contributed by atoms with Crippen molar-refractivity contribution in [2.24, 2.45) is 0 Å². The molecule has 19 heavy (non-hydrogen) atoms. The van der Waals surface area contributed by atoms with Gasteiger partial charge in [0.2, 0.25) is 0 Å². The number of nitrogens with zero attached hydrogens (tertiary/aromatic N) is 2. The Kier molecular flexibility index (Phi) is 3.47. The third-order valence-corrected chi connectivity index (χ3v) is 4.04. The molecular weight excluding hydrogens is 312 g/mol. The first-order valence-corrected chi connectivity index (χ1v) is 7.01. The lowest BCUT2D eigenvalue weighted by Gasteiger charge is -2.32. The molecular formula is C13H15BrN2O3. The minimum atomic E-state index is -0.313. The van der Waals surface area contributed by atoms with E-state index >= 15 is 0 Å². The molecule has 0 amide bonds. The normalized spacial score (nSPS) is 21.1. The van der Waals surface area contributed by atoms with Crippen LogP contribution in [0.2, 0.25) is 0 Å². The van der Waals surface area contributed by atoms with Gasteiger partial charge in [0.05, 0.1) is 24.8 Å². The molecule has 0 unspecified atom stereocenters. The van der Waals surface area contributed by atoms with E-state index in [0.29, 0.717) is 18.7 Å². The van der Waals surface area contributed by atoms with E-state index in [9.17, 15) is 4.79 Å². The molecule has 102 valence electrons. The molecule has 6 heteroatoms. The smallest absolute Gasteiger partial charge is 0.408 e. The molecule has 0 saturated carbocycles. The monoisotopic (exact) mass is 326 g/mol. The van der Waals surface area contributed by atoms with Crippen molar-refractivity contribution in [3.63, 3.8) is 0 Å². The van der Waals surface area contributed by atoms with Crippen molar-refractivity contribution in [2.45, 2.75) is 12.6 Å². The molecule has 0 radical (unpaired) electrons. The number of oxazole rings is 1. The number of aromatic nitrogens is 1. The maximum absolute atomic E-state index is 12.0. The SMILES string of the molecule is CN1CCOC[C@@H]1Cn1c(=O)oc2ccc(Br)cc21. The van der Waals surface area contributed by atoms with Crippen molar-refractivity contribution in [2.75, 3.05) is 26.8 Å². The lowest BCUT2D eigenvalue weighted by Crippen LogP contribution is -2.46. The zero-order valence-electron chi connectivity index (χ0n) is 10.6. The van der Waals surface area contributed by atoms with Gasteiger partial charge >= 0.3 is 5.76 Å². The lowest BCUT2D eigenvalue weighted by atomic mass is 10.2. The standard InChI is InChI=1S/C13H15BrN2O3/c1-15-4-5-18-8-10(15)7-16-11-6-9(14)2-3-12(11)19-13(16)17/h2-3,6,10H,4-5,7-8H2,1H3/t10-/m0/s1. The lowest BCUT2D eigenvalue weighted by molar-refractivity contribution is -0.000411. The number of ether oxygens (including phenoxy) is 1. The highest BCUT2D eigenvalue weighted by Crippen LogP contribution is 2.19. The molecule has 2 aromatic rings. The van der Waals surface area contributed by atoms with E-state index in [4.69, 9.17) is 9.15 Å². The summed E-state index contributed by atoms with van der Waals surface area (Å²) in [7, 11) is 2.05. The molecule has 1 aromatic carbocycles. The molecule has 2 heterocycles. The summed E-state index contributed by atoms with van der Waals surface area (Å²) in [5, 5.41) is 0. The summed E-state index contributed by atoms with van der Waals surface area (Å²) in [5.41, 5.74) is 1.44. The van der Waals surface area contributed by atoms with Gasteiger partial charge in [0.25, 0.3) is 0 Å². The first kappa shape index (κ1) is 12.9. The van der Waals surface area contributed by atoms with Crippen LogP contribution in [0.3, 0.4) is 0 Å². The van der Waals surface area contributed by atoms with Gasteiger partial charge in [-0.1, -0.05) is 15.9 Å². The fourth-order valence-electron chi connectivity index (χ4n) is 2.35. The fraction of sp³-hybridized carbons (Fsp3) is 0.462. The first-order chi connectivity index (χ1) is 9.15. The molecule has 0 aliphatic carbocycles. The molecule has 1 atom stereocenters. The van der Waals surface area contributed by atoms with E-state index in [1.807, 2.05) is 12.1 Å². The first-order valence-electron chi connectivity index (χ1n) is 6.22. The highest BCUT2D eigenvalue weighted by molar-refractivity contribution is 9.10. The van der Waals surface area contributed by atoms with Crippen molar-refractivity contribution < 1.29 is 9.15 Å². The highest BCUT2D eigenvalue weighted by Gasteiger charge is 2.22. The zero-order valence-corrected chi connectivity index (χ0v) is 12.2. The van der Waals surface area contributed by atoms with E-state index in [2.05, 4.69) is 27.9 Å². The molecule has 1 aliphatic rings. The second kappa shape index (κ2) is 5.11. The van der Waals surface area contributed by atoms with Crippen LogP contribution in [-0.2, 0) is 11.3 Å². The quantitative estimate of drug-likeness (QED) is 0.842. The van der Waals surface area contributed by atoms with Crippen LogP contribution in [0.5, 0.6) is 0 Å². The average Bonchev–Trinajstić information content (AvgIpc) is 2.69. The fourth-order valence-corrected chi connectivity index (χ4v) is 2.70. The Morgan fingerprint density at radius 2 is 2.32 bits per heavy atom. The Hall–Kier alpha value is -1.11. The van der Waals surface area contributed by atoms with E-state index in [1.165, 1.54) is 0 Å². The van der Waals surface area contributed by atoms with Crippen LogP contribution in [-0.4, -0.2) is 42.3 Å². The van der Waals surface area contributed by atoms with Crippen LogP contribution in [0.4, 0.5) is 0 Å². The number of rotatable bonds is 2. The van der Waals surface area contributed by atoms with Gasteiger partial charge in [-0.3, -0.25) is 9.47 Å².